The fourth-order valence-corrected chi connectivity index (χ4v) is 4.59. The number of carbonyl (C=O) groups is 2. The molecule has 0 bridgehead atoms. The first-order chi connectivity index (χ1) is 10.4. The molecule has 8 heteroatoms. The maximum absolute atomic E-state index is 12.2. The fourth-order valence-electron chi connectivity index (χ4n) is 2.92. The standard InChI is InChI=1S/C14H18N2O5S/c17-13-6-10(7-16(13)8-12-2-1-4-21-12)14(18)15-11-3-5-22(19,20)9-11/h1-2,4,10-11H,3,5-9H2,(H,15,18)/t10-,11-/m0/s1. The Morgan fingerprint density at radius 2 is 2.27 bits per heavy atom. The molecule has 2 aliphatic heterocycles. The van der Waals surface area contributed by atoms with E-state index in [2.05, 4.69) is 5.32 Å². The Hall–Kier alpha value is -1.83. The highest BCUT2D eigenvalue weighted by atomic mass is 32.2. The molecule has 0 unspecified atom stereocenters. The largest absolute Gasteiger partial charge is 0.467 e. The van der Waals surface area contributed by atoms with Gasteiger partial charge in [-0.15, -0.1) is 0 Å². The summed E-state index contributed by atoms with van der Waals surface area (Å²) in [6.45, 7) is 0.693. The molecule has 120 valence electrons. The number of furan rings is 1. The molecule has 2 aliphatic rings. The van der Waals surface area contributed by atoms with Crippen LogP contribution in [0.1, 0.15) is 18.6 Å². The van der Waals surface area contributed by atoms with Crippen LogP contribution in [0.5, 0.6) is 0 Å². The van der Waals surface area contributed by atoms with Crippen molar-refractivity contribution in [2.24, 2.45) is 5.92 Å². The molecule has 1 aromatic heterocycles. The van der Waals surface area contributed by atoms with Crippen LogP contribution in [-0.2, 0) is 26.0 Å². The highest BCUT2D eigenvalue weighted by molar-refractivity contribution is 7.91. The Morgan fingerprint density at radius 1 is 1.45 bits per heavy atom. The van der Waals surface area contributed by atoms with Gasteiger partial charge in [0.25, 0.3) is 0 Å². The van der Waals surface area contributed by atoms with Crippen molar-refractivity contribution in [3.05, 3.63) is 24.2 Å². The van der Waals surface area contributed by atoms with Crippen LogP contribution in [0.2, 0.25) is 0 Å². The van der Waals surface area contributed by atoms with Crippen LogP contribution in [0.15, 0.2) is 22.8 Å². The van der Waals surface area contributed by atoms with Crippen molar-refractivity contribution in [2.45, 2.75) is 25.4 Å². The van der Waals surface area contributed by atoms with E-state index < -0.39 is 15.8 Å². The number of hydrogen-bond acceptors (Lipinski definition) is 5. The monoisotopic (exact) mass is 326 g/mol. The Balaban J connectivity index is 1.55. The molecular weight excluding hydrogens is 308 g/mol. The summed E-state index contributed by atoms with van der Waals surface area (Å²) in [5, 5.41) is 2.76. The summed E-state index contributed by atoms with van der Waals surface area (Å²) >= 11 is 0. The number of sulfone groups is 1. The van der Waals surface area contributed by atoms with Gasteiger partial charge >= 0.3 is 0 Å². The van der Waals surface area contributed by atoms with Gasteiger partial charge in [0, 0.05) is 19.0 Å². The second kappa shape index (κ2) is 5.75. The van der Waals surface area contributed by atoms with Crippen molar-refractivity contribution in [1.29, 1.82) is 0 Å². The zero-order chi connectivity index (χ0) is 15.7. The molecule has 0 spiro atoms. The number of likely N-dealkylation sites (tertiary alicyclic amines) is 1. The molecule has 2 saturated heterocycles. The minimum absolute atomic E-state index is 0.00445. The Bertz CT molecular complexity index is 667. The summed E-state index contributed by atoms with van der Waals surface area (Å²) in [5.41, 5.74) is 0. The van der Waals surface area contributed by atoms with E-state index in [1.54, 1.807) is 23.3 Å². The molecule has 0 aliphatic carbocycles. The molecule has 22 heavy (non-hydrogen) atoms. The highest BCUT2D eigenvalue weighted by Gasteiger charge is 2.37. The van der Waals surface area contributed by atoms with Gasteiger partial charge < -0.3 is 14.6 Å². The third-order valence-electron chi connectivity index (χ3n) is 4.09. The number of hydrogen-bond donors (Lipinski definition) is 1. The number of rotatable bonds is 4. The average Bonchev–Trinajstić information content (AvgIpc) is 3.13. The number of amides is 2. The van der Waals surface area contributed by atoms with Gasteiger partial charge in [-0.05, 0) is 18.6 Å². The molecule has 1 aromatic rings. The van der Waals surface area contributed by atoms with Crippen molar-refractivity contribution in [3.63, 3.8) is 0 Å². The van der Waals surface area contributed by atoms with Crippen LogP contribution in [-0.4, -0.2) is 49.2 Å². The third kappa shape index (κ3) is 3.32. The van der Waals surface area contributed by atoms with E-state index in [-0.39, 0.29) is 35.8 Å². The van der Waals surface area contributed by atoms with E-state index in [1.807, 2.05) is 0 Å². The maximum atomic E-state index is 12.2. The van der Waals surface area contributed by atoms with Crippen molar-refractivity contribution in [1.82, 2.24) is 10.2 Å². The van der Waals surface area contributed by atoms with Gasteiger partial charge in [0.15, 0.2) is 9.84 Å². The average molecular weight is 326 g/mol. The third-order valence-corrected chi connectivity index (χ3v) is 5.86. The number of nitrogens with one attached hydrogen (secondary N) is 1. The lowest BCUT2D eigenvalue weighted by molar-refractivity contribution is -0.129. The van der Waals surface area contributed by atoms with Crippen molar-refractivity contribution < 1.29 is 22.4 Å². The van der Waals surface area contributed by atoms with E-state index in [4.69, 9.17) is 4.42 Å². The van der Waals surface area contributed by atoms with Crippen LogP contribution < -0.4 is 5.32 Å². The predicted molar refractivity (Wildman–Crippen MR) is 77.4 cm³/mol. The highest BCUT2D eigenvalue weighted by Crippen LogP contribution is 2.21. The smallest absolute Gasteiger partial charge is 0.225 e. The second-order valence-corrected chi connectivity index (χ2v) is 8.09. The van der Waals surface area contributed by atoms with Crippen molar-refractivity contribution in [2.75, 3.05) is 18.1 Å². The Morgan fingerprint density at radius 3 is 2.91 bits per heavy atom. The lowest BCUT2D eigenvalue weighted by Gasteiger charge is -2.16. The summed E-state index contributed by atoms with van der Waals surface area (Å²) < 4.78 is 28.0. The van der Waals surface area contributed by atoms with Gasteiger partial charge in [-0.2, -0.15) is 0 Å². The molecule has 3 heterocycles. The quantitative estimate of drug-likeness (QED) is 0.835. The van der Waals surface area contributed by atoms with Gasteiger partial charge in [-0.25, -0.2) is 8.42 Å². The number of nitrogens with zero attached hydrogens (tertiary/aromatic N) is 1. The van der Waals surface area contributed by atoms with Gasteiger partial charge in [0.1, 0.15) is 5.76 Å². The molecular formula is C14H18N2O5S. The van der Waals surface area contributed by atoms with Gasteiger partial charge in [-0.3, -0.25) is 9.59 Å². The lowest BCUT2D eigenvalue weighted by atomic mass is 10.1. The molecule has 0 saturated carbocycles. The van der Waals surface area contributed by atoms with Crippen LogP contribution in [0.4, 0.5) is 0 Å². The summed E-state index contributed by atoms with van der Waals surface area (Å²) in [4.78, 5) is 25.8. The fraction of sp³-hybridized carbons (Fsp3) is 0.571. The Kier molecular flexibility index (Phi) is 3.94. The first-order valence-corrected chi connectivity index (χ1v) is 9.06. The van der Waals surface area contributed by atoms with Gasteiger partial charge in [-0.1, -0.05) is 0 Å². The summed E-state index contributed by atoms with van der Waals surface area (Å²) in [6, 6.07) is 3.21. The molecule has 1 N–H and O–H groups in total. The molecule has 2 amide bonds. The first kappa shape index (κ1) is 15.1. The molecule has 2 fully saturated rings. The van der Waals surface area contributed by atoms with Crippen molar-refractivity contribution >= 4 is 21.7 Å². The summed E-state index contributed by atoms with van der Waals surface area (Å²) in [7, 11) is -3.02. The van der Waals surface area contributed by atoms with Crippen molar-refractivity contribution in [3.8, 4) is 0 Å². The molecule has 2 atom stereocenters. The van der Waals surface area contributed by atoms with E-state index in [0.717, 1.165) is 0 Å². The lowest BCUT2D eigenvalue weighted by Crippen LogP contribution is -2.40. The minimum Gasteiger partial charge on any atom is -0.467 e. The zero-order valence-electron chi connectivity index (χ0n) is 12.0. The van der Waals surface area contributed by atoms with Crippen LogP contribution in [0.25, 0.3) is 0 Å². The van der Waals surface area contributed by atoms with Crippen LogP contribution in [0, 0.1) is 5.92 Å². The summed E-state index contributed by atoms with van der Waals surface area (Å²) in [5.74, 6) is 0.0387. The minimum atomic E-state index is -3.02. The zero-order valence-corrected chi connectivity index (χ0v) is 12.8. The van der Waals surface area contributed by atoms with Crippen LogP contribution in [0.3, 0.4) is 0 Å². The molecule has 0 aromatic carbocycles. The maximum Gasteiger partial charge on any atom is 0.225 e. The molecule has 0 radical (unpaired) electrons. The first-order valence-electron chi connectivity index (χ1n) is 7.24. The summed E-state index contributed by atoms with van der Waals surface area (Å²) in [6.07, 6.45) is 2.15. The SMILES string of the molecule is O=C(N[C@H]1CCS(=O)(=O)C1)[C@H]1CC(=O)N(Cc2ccco2)C1. The Labute approximate surface area is 128 Å². The van der Waals surface area contributed by atoms with E-state index in [0.29, 0.717) is 25.3 Å². The van der Waals surface area contributed by atoms with E-state index >= 15 is 0 Å². The van der Waals surface area contributed by atoms with E-state index in [9.17, 15) is 18.0 Å². The molecule has 7 nitrogen and oxygen atoms in total. The van der Waals surface area contributed by atoms with Gasteiger partial charge in [0.2, 0.25) is 11.8 Å². The topological polar surface area (TPSA) is 96.7 Å². The van der Waals surface area contributed by atoms with Gasteiger partial charge in [0.05, 0.1) is 30.2 Å². The van der Waals surface area contributed by atoms with E-state index in [1.165, 1.54) is 0 Å². The second-order valence-electron chi connectivity index (χ2n) is 5.86. The van der Waals surface area contributed by atoms with Crippen LogP contribution >= 0.6 is 0 Å². The normalized spacial score (nSPS) is 27.3. The molecule has 3 rings (SSSR count). The number of carbonyl (C=O) groups excluding carboxylic acids is 2. The predicted octanol–water partition coefficient (Wildman–Crippen LogP) is -0.0686.